The van der Waals surface area contributed by atoms with Crippen molar-refractivity contribution in [2.75, 3.05) is 27.2 Å². The zero-order valence-electron chi connectivity index (χ0n) is 11.7. The molecule has 5 heteroatoms. The molecule has 0 bridgehead atoms. The Morgan fingerprint density at radius 1 is 1.25 bits per heavy atom. The van der Waals surface area contributed by atoms with E-state index in [1.54, 1.807) is 12.3 Å². The summed E-state index contributed by atoms with van der Waals surface area (Å²) in [5.74, 6) is -0.0823. The van der Waals surface area contributed by atoms with E-state index >= 15 is 0 Å². The van der Waals surface area contributed by atoms with Crippen LogP contribution in [0.15, 0.2) is 42.9 Å². The second-order valence-corrected chi connectivity index (χ2v) is 4.70. The summed E-state index contributed by atoms with van der Waals surface area (Å²) in [4.78, 5) is 22.4. The Labute approximate surface area is 118 Å². The van der Waals surface area contributed by atoms with Crippen molar-refractivity contribution in [3.05, 3.63) is 48.4 Å². The summed E-state index contributed by atoms with van der Waals surface area (Å²) in [6, 6.07) is 9.25. The zero-order chi connectivity index (χ0) is 14.4. The minimum atomic E-state index is -0.0823. The third-order valence-electron chi connectivity index (χ3n) is 2.87. The Balaban J connectivity index is 2.18. The number of carbonyl (C=O) groups excluding carboxylic acids is 1. The van der Waals surface area contributed by atoms with Gasteiger partial charge in [0.05, 0.1) is 5.69 Å². The molecule has 0 saturated carbocycles. The summed E-state index contributed by atoms with van der Waals surface area (Å²) in [6.07, 6.45) is 3.15. The van der Waals surface area contributed by atoms with E-state index in [-0.39, 0.29) is 5.91 Å². The number of hydrogen-bond acceptors (Lipinski definition) is 4. The lowest BCUT2D eigenvalue weighted by Crippen LogP contribution is -2.31. The Hall–Kier alpha value is -2.27. The number of nitrogens with one attached hydrogen (secondary N) is 1. The Morgan fingerprint density at radius 3 is 2.75 bits per heavy atom. The van der Waals surface area contributed by atoms with Crippen LogP contribution in [0.2, 0.25) is 0 Å². The summed E-state index contributed by atoms with van der Waals surface area (Å²) in [7, 11) is 3.95. The van der Waals surface area contributed by atoms with Crippen LogP contribution in [0.5, 0.6) is 0 Å². The number of nitrogens with zero attached hydrogens (tertiary/aromatic N) is 3. The normalized spacial score (nSPS) is 10.6. The third-order valence-corrected chi connectivity index (χ3v) is 2.87. The number of carbonyl (C=O) groups is 1. The number of amides is 1. The van der Waals surface area contributed by atoms with Crippen molar-refractivity contribution in [3.8, 4) is 11.3 Å². The van der Waals surface area contributed by atoms with Crippen molar-refractivity contribution < 1.29 is 4.79 Å². The van der Waals surface area contributed by atoms with Gasteiger partial charge in [-0.15, -0.1) is 0 Å². The van der Waals surface area contributed by atoms with Gasteiger partial charge in [-0.2, -0.15) is 0 Å². The maximum Gasteiger partial charge on any atom is 0.252 e. The molecule has 1 aromatic heterocycles. The standard InChI is InChI=1S/C15H18N4O/c1-19(2)10-9-17-15(20)13-6-4-3-5-12(13)14-7-8-16-11-18-14/h3-8,11H,9-10H2,1-2H3,(H,17,20). The van der Waals surface area contributed by atoms with E-state index in [9.17, 15) is 4.79 Å². The van der Waals surface area contributed by atoms with Crippen molar-refractivity contribution in [2.24, 2.45) is 0 Å². The van der Waals surface area contributed by atoms with Crippen LogP contribution in [0.3, 0.4) is 0 Å². The molecule has 5 nitrogen and oxygen atoms in total. The maximum atomic E-state index is 12.2. The highest BCUT2D eigenvalue weighted by atomic mass is 16.1. The molecule has 1 amide bonds. The van der Waals surface area contributed by atoms with Crippen molar-refractivity contribution in [2.45, 2.75) is 0 Å². The molecule has 0 saturated heterocycles. The first kappa shape index (κ1) is 14.1. The molecule has 1 aromatic carbocycles. The Bertz CT molecular complexity index is 569. The van der Waals surface area contributed by atoms with Crippen molar-refractivity contribution in [3.63, 3.8) is 0 Å². The topological polar surface area (TPSA) is 58.1 Å². The van der Waals surface area contributed by atoms with Gasteiger partial charge >= 0.3 is 0 Å². The molecule has 2 aromatic rings. The molecule has 0 spiro atoms. The van der Waals surface area contributed by atoms with Crippen molar-refractivity contribution in [1.29, 1.82) is 0 Å². The molecule has 0 aliphatic carbocycles. The average molecular weight is 270 g/mol. The Morgan fingerprint density at radius 2 is 2.05 bits per heavy atom. The van der Waals surface area contributed by atoms with Crippen LogP contribution in [0.1, 0.15) is 10.4 Å². The number of likely N-dealkylation sites (N-methyl/N-ethyl adjacent to an activating group) is 1. The molecule has 0 aliphatic rings. The molecule has 0 radical (unpaired) electrons. The molecule has 2 rings (SSSR count). The van der Waals surface area contributed by atoms with Crippen LogP contribution in [-0.4, -0.2) is 48.0 Å². The van der Waals surface area contributed by atoms with Crippen LogP contribution >= 0.6 is 0 Å². The van der Waals surface area contributed by atoms with Gasteiger partial charge in [0.25, 0.3) is 5.91 Å². The molecule has 104 valence electrons. The van der Waals surface area contributed by atoms with Gasteiger partial charge < -0.3 is 10.2 Å². The quantitative estimate of drug-likeness (QED) is 0.893. The monoisotopic (exact) mass is 270 g/mol. The molecule has 1 heterocycles. The lowest BCUT2D eigenvalue weighted by atomic mass is 10.0. The number of aromatic nitrogens is 2. The molecular formula is C15H18N4O. The fraction of sp³-hybridized carbons (Fsp3) is 0.267. The van der Waals surface area contributed by atoms with E-state index in [1.807, 2.05) is 43.3 Å². The van der Waals surface area contributed by atoms with Crippen LogP contribution in [0, 0.1) is 0 Å². The van der Waals surface area contributed by atoms with Crippen LogP contribution in [0.25, 0.3) is 11.3 Å². The highest BCUT2D eigenvalue weighted by Gasteiger charge is 2.12. The second kappa shape index (κ2) is 6.77. The zero-order valence-corrected chi connectivity index (χ0v) is 11.7. The lowest BCUT2D eigenvalue weighted by molar-refractivity contribution is 0.0951. The van der Waals surface area contributed by atoms with E-state index in [0.717, 1.165) is 17.8 Å². The summed E-state index contributed by atoms with van der Waals surface area (Å²) < 4.78 is 0. The minimum absolute atomic E-state index is 0.0823. The molecule has 20 heavy (non-hydrogen) atoms. The molecule has 1 N–H and O–H groups in total. The molecule has 0 aliphatic heterocycles. The van der Waals surface area contributed by atoms with Crippen LogP contribution in [0.4, 0.5) is 0 Å². The van der Waals surface area contributed by atoms with Gasteiger partial charge in [-0.05, 0) is 26.2 Å². The average Bonchev–Trinajstić information content (AvgIpc) is 2.47. The van der Waals surface area contributed by atoms with Gasteiger partial charge in [-0.3, -0.25) is 4.79 Å². The van der Waals surface area contributed by atoms with Gasteiger partial charge in [0.15, 0.2) is 0 Å². The summed E-state index contributed by atoms with van der Waals surface area (Å²) in [5, 5.41) is 2.92. The SMILES string of the molecule is CN(C)CCNC(=O)c1ccccc1-c1ccncn1. The second-order valence-electron chi connectivity index (χ2n) is 4.70. The van der Waals surface area contributed by atoms with Gasteiger partial charge in [-0.1, -0.05) is 18.2 Å². The Kier molecular flexibility index (Phi) is 4.79. The van der Waals surface area contributed by atoms with Gasteiger partial charge in [-0.25, -0.2) is 9.97 Å². The summed E-state index contributed by atoms with van der Waals surface area (Å²) in [6.45, 7) is 1.42. The van der Waals surface area contributed by atoms with Gasteiger partial charge in [0.2, 0.25) is 0 Å². The molecule has 0 fully saturated rings. The highest BCUT2D eigenvalue weighted by Crippen LogP contribution is 2.20. The third kappa shape index (κ3) is 3.61. The predicted molar refractivity (Wildman–Crippen MR) is 78.4 cm³/mol. The largest absolute Gasteiger partial charge is 0.351 e. The fourth-order valence-electron chi connectivity index (χ4n) is 1.84. The molecular weight excluding hydrogens is 252 g/mol. The van der Waals surface area contributed by atoms with Crippen LogP contribution < -0.4 is 5.32 Å². The minimum Gasteiger partial charge on any atom is -0.351 e. The maximum absolute atomic E-state index is 12.2. The van der Waals surface area contributed by atoms with E-state index in [0.29, 0.717) is 12.1 Å². The molecule has 0 atom stereocenters. The van der Waals surface area contributed by atoms with Crippen molar-refractivity contribution >= 4 is 5.91 Å². The van der Waals surface area contributed by atoms with Gasteiger partial charge in [0.1, 0.15) is 6.33 Å². The molecule has 0 unspecified atom stereocenters. The first-order valence-electron chi connectivity index (χ1n) is 6.47. The lowest BCUT2D eigenvalue weighted by Gasteiger charge is -2.12. The van der Waals surface area contributed by atoms with E-state index < -0.39 is 0 Å². The van der Waals surface area contributed by atoms with Crippen LogP contribution in [-0.2, 0) is 0 Å². The van der Waals surface area contributed by atoms with E-state index in [1.165, 1.54) is 6.33 Å². The van der Waals surface area contributed by atoms with E-state index in [4.69, 9.17) is 0 Å². The predicted octanol–water partition coefficient (Wildman–Crippen LogP) is 1.43. The van der Waals surface area contributed by atoms with Gasteiger partial charge in [0, 0.05) is 30.4 Å². The fourth-order valence-corrected chi connectivity index (χ4v) is 1.84. The number of hydrogen-bond donors (Lipinski definition) is 1. The number of benzene rings is 1. The highest BCUT2D eigenvalue weighted by molar-refractivity contribution is 6.00. The first-order chi connectivity index (χ1) is 9.68. The first-order valence-corrected chi connectivity index (χ1v) is 6.47. The summed E-state index contributed by atoms with van der Waals surface area (Å²) >= 11 is 0. The van der Waals surface area contributed by atoms with E-state index in [2.05, 4.69) is 15.3 Å². The summed E-state index contributed by atoms with van der Waals surface area (Å²) in [5.41, 5.74) is 2.19. The van der Waals surface area contributed by atoms with Crippen molar-refractivity contribution in [1.82, 2.24) is 20.2 Å². The smallest absolute Gasteiger partial charge is 0.252 e. The number of rotatable bonds is 5.